The molecule has 3 N–H and O–H groups in total. The highest BCUT2D eigenvalue weighted by Crippen LogP contribution is 2.20. The van der Waals surface area contributed by atoms with Crippen LogP contribution in [0.25, 0.3) is 0 Å². The monoisotopic (exact) mass is 176 g/mol. The number of rotatable bonds is 3. The molecule has 0 amide bonds. The molecule has 0 fully saturated rings. The van der Waals surface area contributed by atoms with Crippen LogP contribution in [0, 0.1) is 0 Å². The molecule has 0 bridgehead atoms. The zero-order chi connectivity index (χ0) is 7.40. The SMILES string of the molecule is NCNCc1ccc(Cl)s1. The summed E-state index contributed by atoms with van der Waals surface area (Å²) in [6.07, 6.45) is 0. The first kappa shape index (κ1) is 8.01. The average Bonchev–Trinajstić information content (AvgIpc) is 2.31. The molecule has 0 aromatic carbocycles. The van der Waals surface area contributed by atoms with Crippen LogP contribution in [0.1, 0.15) is 4.88 Å². The summed E-state index contributed by atoms with van der Waals surface area (Å²) in [7, 11) is 0. The highest BCUT2D eigenvalue weighted by Gasteiger charge is 1.94. The van der Waals surface area contributed by atoms with Gasteiger partial charge in [0.25, 0.3) is 0 Å². The third-order valence-electron chi connectivity index (χ3n) is 1.07. The van der Waals surface area contributed by atoms with E-state index in [1.165, 1.54) is 4.88 Å². The third-order valence-corrected chi connectivity index (χ3v) is 2.30. The summed E-state index contributed by atoms with van der Waals surface area (Å²) in [5, 5.41) is 3.01. The molecule has 0 saturated heterocycles. The van der Waals surface area contributed by atoms with Crippen LogP contribution in [0.2, 0.25) is 4.34 Å². The quantitative estimate of drug-likeness (QED) is 0.684. The molecule has 10 heavy (non-hydrogen) atoms. The van der Waals surface area contributed by atoms with Crippen molar-refractivity contribution in [1.29, 1.82) is 0 Å². The van der Waals surface area contributed by atoms with Crippen molar-refractivity contribution < 1.29 is 0 Å². The Kier molecular flexibility index (Phi) is 3.15. The summed E-state index contributed by atoms with van der Waals surface area (Å²) in [5.74, 6) is 0. The second-order valence-corrected chi connectivity index (χ2v) is 3.64. The Hall–Kier alpha value is -0.0900. The van der Waals surface area contributed by atoms with Gasteiger partial charge >= 0.3 is 0 Å². The van der Waals surface area contributed by atoms with Crippen molar-refractivity contribution in [3.63, 3.8) is 0 Å². The topological polar surface area (TPSA) is 38.0 Å². The summed E-state index contributed by atoms with van der Waals surface area (Å²) >= 11 is 7.27. The summed E-state index contributed by atoms with van der Waals surface area (Å²) in [5.41, 5.74) is 5.24. The molecule has 0 spiro atoms. The molecule has 0 aliphatic rings. The van der Waals surface area contributed by atoms with Crippen molar-refractivity contribution in [2.45, 2.75) is 6.54 Å². The van der Waals surface area contributed by atoms with Crippen molar-refractivity contribution in [2.75, 3.05) is 6.67 Å². The molecule has 0 saturated carbocycles. The number of nitrogens with two attached hydrogens (primary N) is 1. The lowest BCUT2D eigenvalue weighted by Gasteiger charge is -1.95. The zero-order valence-corrected chi connectivity index (χ0v) is 7.00. The minimum atomic E-state index is 0.509. The molecule has 1 aromatic heterocycles. The predicted octanol–water partition coefficient (Wildman–Crippen LogP) is 1.41. The molecule has 4 heteroatoms. The van der Waals surface area contributed by atoms with Crippen LogP contribution in [0.15, 0.2) is 12.1 Å². The van der Waals surface area contributed by atoms with Gasteiger partial charge < -0.3 is 5.73 Å². The predicted molar refractivity (Wildman–Crippen MR) is 45.2 cm³/mol. The smallest absolute Gasteiger partial charge is 0.0931 e. The van der Waals surface area contributed by atoms with E-state index in [2.05, 4.69) is 5.32 Å². The number of hydrogen-bond donors (Lipinski definition) is 2. The molecule has 0 unspecified atom stereocenters. The Morgan fingerprint density at radius 1 is 1.60 bits per heavy atom. The van der Waals surface area contributed by atoms with E-state index in [1.54, 1.807) is 11.3 Å². The molecule has 0 atom stereocenters. The van der Waals surface area contributed by atoms with E-state index in [9.17, 15) is 0 Å². The summed E-state index contributed by atoms with van der Waals surface area (Å²) in [6.45, 7) is 1.32. The molecule has 0 radical (unpaired) electrons. The van der Waals surface area contributed by atoms with Crippen LogP contribution in [0.5, 0.6) is 0 Å². The maximum atomic E-state index is 5.70. The van der Waals surface area contributed by atoms with Crippen molar-refractivity contribution >= 4 is 22.9 Å². The average molecular weight is 177 g/mol. The normalized spacial score (nSPS) is 10.2. The van der Waals surface area contributed by atoms with E-state index in [0.717, 1.165) is 10.9 Å². The highest BCUT2D eigenvalue weighted by atomic mass is 35.5. The van der Waals surface area contributed by atoms with Gasteiger partial charge in [-0.15, -0.1) is 11.3 Å². The van der Waals surface area contributed by atoms with Crippen LogP contribution in [-0.4, -0.2) is 6.67 Å². The Morgan fingerprint density at radius 3 is 2.90 bits per heavy atom. The number of halogens is 1. The Morgan fingerprint density at radius 2 is 2.40 bits per heavy atom. The lowest BCUT2D eigenvalue weighted by Crippen LogP contribution is -2.20. The molecule has 1 aromatic rings. The highest BCUT2D eigenvalue weighted by molar-refractivity contribution is 7.16. The molecule has 0 aliphatic carbocycles. The Labute approximate surface area is 69.0 Å². The fraction of sp³-hybridized carbons (Fsp3) is 0.333. The maximum absolute atomic E-state index is 5.70. The van der Waals surface area contributed by atoms with Gasteiger partial charge in [0.15, 0.2) is 0 Å². The number of thiophene rings is 1. The van der Waals surface area contributed by atoms with Gasteiger partial charge in [0.05, 0.1) is 4.34 Å². The first-order valence-corrected chi connectivity index (χ1v) is 4.17. The lowest BCUT2D eigenvalue weighted by molar-refractivity contribution is 0.717. The standard InChI is InChI=1S/C6H9ClN2S/c7-6-2-1-5(10-6)3-9-4-8/h1-2,9H,3-4,8H2. The molecule has 56 valence electrons. The van der Waals surface area contributed by atoms with Gasteiger partial charge in [0, 0.05) is 18.1 Å². The molecule has 2 nitrogen and oxygen atoms in total. The Bertz CT molecular complexity index is 199. The van der Waals surface area contributed by atoms with Crippen molar-refractivity contribution in [1.82, 2.24) is 5.32 Å². The van der Waals surface area contributed by atoms with Gasteiger partial charge in [-0.2, -0.15) is 0 Å². The van der Waals surface area contributed by atoms with Crippen LogP contribution in [0.4, 0.5) is 0 Å². The first-order valence-electron chi connectivity index (χ1n) is 2.98. The largest absolute Gasteiger partial charge is 0.318 e. The minimum Gasteiger partial charge on any atom is -0.318 e. The van der Waals surface area contributed by atoms with Crippen LogP contribution in [-0.2, 0) is 6.54 Å². The van der Waals surface area contributed by atoms with E-state index in [-0.39, 0.29) is 0 Å². The van der Waals surface area contributed by atoms with Crippen LogP contribution in [0.3, 0.4) is 0 Å². The van der Waals surface area contributed by atoms with E-state index in [0.29, 0.717) is 6.67 Å². The zero-order valence-electron chi connectivity index (χ0n) is 5.43. The molecular formula is C6H9ClN2S. The first-order chi connectivity index (χ1) is 4.83. The van der Waals surface area contributed by atoms with E-state index >= 15 is 0 Å². The molecule has 1 heterocycles. The van der Waals surface area contributed by atoms with Gasteiger partial charge in [-0.1, -0.05) is 11.6 Å². The van der Waals surface area contributed by atoms with E-state index in [1.807, 2.05) is 12.1 Å². The molecule has 0 aliphatic heterocycles. The van der Waals surface area contributed by atoms with E-state index in [4.69, 9.17) is 17.3 Å². The van der Waals surface area contributed by atoms with Crippen LogP contribution < -0.4 is 11.1 Å². The summed E-state index contributed by atoms with van der Waals surface area (Å²) < 4.78 is 0.828. The summed E-state index contributed by atoms with van der Waals surface area (Å²) in [6, 6.07) is 3.88. The van der Waals surface area contributed by atoms with Gasteiger partial charge in [-0.25, -0.2) is 0 Å². The van der Waals surface area contributed by atoms with E-state index < -0.39 is 0 Å². The van der Waals surface area contributed by atoms with Gasteiger partial charge in [-0.3, -0.25) is 5.32 Å². The van der Waals surface area contributed by atoms with Gasteiger partial charge in [0.1, 0.15) is 0 Å². The number of hydrogen-bond acceptors (Lipinski definition) is 3. The second-order valence-electron chi connectivity index (χ2n) is 1.84. The minimum absolute atomic E-state index is 0.509. The van der Waals surface area contributed by atoms with Gasteiger partial charge in [-0.05, 0) is 12.1 Å². The van der Waals surface area contributed by atoms with Crippen molar-refractivity contribution in [2.24, 2.45) is 5.73 Å². The maximum Gasteiger partial charge on any atom is 0.0931 e. The van der Waals surface area contributed by atoms with Gasteiger partial charge in [0.2, 0.25) is 0 Å². The molecule has 1 rings (SSSR count). The van der Waals surface area contributed by atoms with Crippen LogP contribution >= 0.6 is 22.9 Å². The molecular weight excluding hydrogens is 168 g/mol. The fourth-order valence-corrected chi connectivity index (χ4v) is 1.70. The van der Waals surface area contributed by atoms with Crippen molar-refractivity contribution in [3.05, 3.63) is 21.3 Å². The number of nitrogens with one attached hydrogen (secondary N) is 1. The van der Waals surface area contributed by atoms with Crippen molar-refractivity contribution in [3.8, 4) is 0 Å². The summed E-state index contributed by atoms with van der Waals surface area (Å²) in [4.78, 5) is 1.22. The lowest BCUT2D eigenvalue weighted by atomic mass is 10.5. The Balaban J connectivity index is 2.42. The third kappa shape index (κ3) is 2.27. The fourth-order valence-electron chi connectivity index (χ4n) is 0.642. The second kappa shape index (κ2) is 3.93.